The first kappa shape index (κ1) is 112. The number of nitrogens with one attached hydrogen (secondary N) is 15. The Morgan fingerprint density at radius 3 is 1.35 bits per heavy atom. The van der Waals surface area contributed by atoms with Gasteiger partial charge in [0, 0.05) is 25.8 Å². The number of carbonyl (C=O) groups excluding carboxylic acids is 17. The first-order valence-electron chi connectivity index (χ1n) is 42.7. The lowest BCUT2D eigenvalue weighted by Crippen LogP contribution is -2.63. The summed E-state index contributed by atoms with van der Waals surface area (Å²) in [6.07, 6.45) is -6.44. The number of thioether (sulfide) groups is 1. The fourth-order valence-corrected chi connectivity index (χ4v) is 13.8. The monoisotopic (exact) mass is 1860 g/mol. The van der Waals surface area contributed by atoms with Gasteiger partial charge in [0.05, 0.1) is 50.7 Å². The molecule has 130 heavy (non-hydrogen) atoms. The highest BCUT2D eigenvalue weighted by Crippen LogP contribution is 2.22. The van der Waals surface area contributed by atoms with Crippen molar-refractivity contribution in [3.05, 3.63) is 65.7 Å². The molecule has 0 radical (unpaired) electrons. The van der Waals surface area contributed by atoms with Crippen LogP contribution < -0.4 is 97.0 Å². The van der Waals surface area contributed by atoms with Gasteiger partial charge in [-0.25, -0.2) is 4.79 Å². The van der Waals surface area contributed by atoms with E-state index in [0.29, 0.717) is 11.1 Å². The van der Waals surface area contributed by atoms with Gasteiger partial charge < -0.3 is 143 Å². The molecule has 726 valence electrons. The average molecular weight is 1860 g/mol. The number of carbonyl (C=O) groups is 19. The zero-order valence-corrected chi connectivity index (χ0v) is 75.4. The number of hydrogen-bond donors (Lipinski definition) is 26. The Labute approximate surface area is 756 Å². The number of aromatic hydroxyl groups is 1. The van der Waals surface area contributed by atoms with E-state index in [2.05, 4.69) is 79.8 Å². The minimum Gasteiger partial charge on any atom is -0.508 e. The van der Waals surface area contributed by atoms with Crippen molar-refractivity contribution in [2.75, 3.05) is 51.4 Å². The predicted octanol–water partition coefficient (Wildman–Crippen LogP) is -8.00. The molecular weight excluding hydrogens is 1730 g/mol. The quantitative estimate of drug-likeness (QED) is 0.0274. The van der Waals surface area contributed by atoms with Crippen LogP contribution in [-0.2, 0) is 104 Å². The van der Waals surface area contributed by atoms with E-state index in [-0.39, 0.29) is 101 Å². The van der Waals surface area contributed by atoms with Crippen LogP contribution in [0.4, 0.5) is 0 Å². The van der Waals surface area contributed by atoms with E-state index in [1.807, 2.05) is 0 Å². The number of aliphatic hydroxyl groups excluding tert-OH is 5. The van der Waals surface area contributed by atoms with Crippen LogP contribution in [0, 0.1) is 17.8 Å². The van der Waals surface area contributed by atoms with Gasteiger partial charge in [-0.2, -0.15) is 11.8 Å². The molecule has 2 aromatic carbocycles. The third kappa shape index (κ3) is 39.7. The lowest BCUT2D eigenvalue weighted by atomic mass is 9.98. The molecule has 0 saturated carbocycles. The summed E-state index contributed by atoms with van der Waals surface area (Å²) in [6, 6.07) is -10.6. The third-order valence-corrected chi connectivity index (χ3v) is 21.1. The summed E-state index contributed by atoms with van der Waals surface area (Å²) in [5, 5.41) is 118. The molecule has 2 aromatic rings. The van der Waals surface area contributed by atoms with Crippen LogP contribution >= 0.6 is 11.8 Å². The molecule has 46 nitrogen and oxygen atoms in total. The highest BCUT2D eigenvalue weighted by Gasteiger charge is 2.44. The van der Waals surface area contributed by atoms with E-state index in [1.165, 1.54) is 30.8 Å². The van der Waals surface area contributed by atoms with E-state index in [9.17, 15) is 132 Å². The molecule has 1 aliphatic rings. The topological polar surface area (TPSA) is 748 Å². The van der Waals surface area contributed by atoms with E-state index in [4.69, 9.17) is 17.2 Å². The second-order valence-electron chi connectivity index (χ2n) is 32.8. The standard InChI is InChI=1S/C83H131N19O27S/c1-41(2)33-55(75(120)98-65(43(5)6)79(124)100-67(45(8)106)80(125)95-57(83(128)129)34-42(3)4)94-78(123)60-20-16-31-102(60)82(127)68(46(9)107)101-72(117)52(25-27-61(86)109)91-76(121)58(39-103)96-70(115)51(19-14-15-30-84)90-71(116)53(26-28-64(112)113)92-77(122)59(40-104)97-81(126)66(44(7)105)99-73(118)54(29-32-130-10)93-74(119)56(36-47-17-12-11-13-18-47)89-63(111)38-87-62(110)37-88-69(114)50(85)35-48-21-23-49(108)24-22-48/h11-13,17-18,21-24,41-46,50-60,65-68,103-108H,14-16,19-20,25-40,84-85H2,1-10H3,(H2,86,109)(H,87,110)(H,88,114)(H,89,111)(H,90,116)(H,91,121)(H,92,122)(H,93,119)(H,94,123)(H,95,125)(H,96,115)(H,97,126)(H,98,120)(H,99,118)(H,100,124)(H,101,117)(H,112,113)(H,128,129). The van der Waals surface area contributed by atoms with Crippen LogP contribution in [0.2, 0.25) is 0 Å². The largest absolute Gasteiger partial charge is 0.508 e. The summed E-state index contributed by atoms with van der Waals surface area (Å²) in [7, 11) is 0. The van der Waals surface area contributed by atoms with Crippen LogP contribution in [0.5, 0.6) is 5.75 Å². The number of phenolic OH excluding ortho intramolecular Hbond substituents is 1. The number of hydrogen-bond acceptors (Lipinski definition) is 28. The Hall–Kier alpha value is -11.8. The molecule has 0 aliphatic carbocycles. The molecule has 17 amide bonds. The van der Waals surface area contributed by atoms with Gasteiger partial charge in [0.25, 0.3) is 0 Å². The number of phenols is 1. The molecule has 1 saturated heterocycles. The van der Waals surface area contributed by atoms with Crippen molar-refractivity contribution in [1.82, 2.24) is 84.7 Å². The van der Waals surface area contributed by atoms with Crippen molar-refractivity contribution in [2.45, 2.75) is 261 Å². The van der Waals surface area contributed by atoms with E-state index >= 15 is 0 Å². The Morgan fingerprint density at radius 2 is 0.869 bits per heavy atom. The van der Waals surface area contributed by atoms with Crippen LogP contribution in [0.3, 0.4) is 0 Å². The van der Waals surface area contributed by atoms with Gasteiger partial charge in [-0.05, 0) is 151 Å². The number of nitrogens with zero attached hydrogens (tertiary/aromatic N) is 1. The number of benzene rings is 2. The maximum atomic E-state index is 14.6. The third-order valence-electron chi connectivity index (χ3n) is 20.5. The van der Waals surface area contributed by atoms with Gasteiger partial charge in [-0.15, -0.1) is 0 Å². The summed E-state index contributed by atoms with van der Waals surface area (Å²) < 4.78 is 0. The molecule has 29 N–H and O–H groups in total. The van der Waals surface area contributed by atoms with Crippen molar-refractivity contribution in [3.63, 3.8) is 0 Å². The number of carboxylic acids is 2. The summed E-state index contributed by atoms with van der Waals surface area (Å²) in [5.41, 5.74) is 18.3. The van der Waals surface area contributed by atoms with E-state index in [0.717, 1.165) is 18.7 Å². The number of primary amides is 1. The van der Waals surface area contributed by atoms with E-state index < -0.39 is 279 Å². The minimum atomic E-state index is -2.06. The van der Waals surface area contributed by atoms with Gasteiger partial charge in [0.2, 0.25) is 100 Å². The predicted molar refractivity (Wildman–Crippen MR) is 468 cm³/mol. The molecule has 1 heterocycles. The Kier molecular flexibility index (Phi) is 49.6. The Bertz CT molecular complexity index is 4150. The fraction of sp³-hybridized carbons (Fsp3) is 0.627. The molecule has 1 aliphatic heterocycles. The first-order valence-corrected chi connectivity index (χ1v) is 44.1. The lowest BCUT2D eigenvalue weighted by molar-refractivity contribution is -0.145. The maximum absolute atomic E-state index is 14.6. The molecule has 47 heteroatoms. The van der Waals surface area contributed by atoms with Gasteiger partial charge in [-0.3, -0.25) is 86.3 Å². The van der Waals surface area contributed by atoms with Crippen LogP contribution in [0.1, 0.15) is 150 Å². The number of rotatable bonds is 59. The molecular formula is C83H131N19O27S. The molecule has 3 rings (SSSR count). The summed E-state index contributed by atoms with van der Waals surface area (Å²) >= 11 is 1.24. The van der Waals surface area contributed by atoms with Crippen molar-refractivity contribution < 1.29 is 132 Å². The molecule has 18 atom stereocenters. The van der Waals surface area contributed by atoms with Gasteiger partial charge >= 0.3 is 11.9 Å². The summed E-state index contributed by atoms with van der Waals surface area (Å²) in [6.45, 7) is 9.43. The smallest absolute Gasteiger partial charge is 0.326 e. The van der Waals surface area contributed by atoms with Crippen molar-refractivity contribution in [1.29, 1.82) is 0 Å². The minimum absolute atomic E-state index is 0.00276. The molecule has 1 fully saturated rings. The van der Waals surface area contributed by atoms with Crippen LogP contribution in [0.25, 0.3) is 0 Å². The van der Waals surface area contributed by atoms with Crippen molar-refractivity contribution in [2.24, 2.45) is 35.0 Å². The number of likely N-dealkylation sites (tertiary alicyclic amines) is 1. The molecule has 0 bridgehead atoms. The number of unbranched alkanes of at least 4 members (excludes halogenated alkanes) is 1. The fourth-order valence-electron chi connectivity index (χ4n) is 13.3. The second-order valence-corrected chi connectivity index (χ2v) is 33.8. The Balaban J connectivity index is 1.82. The molecule has 0 aromatic heterocycles. The normalized spacial score (nSPS) is 16.4. The van der Waals surface area contributed by atoms with Crippen LogP contribution in [-0.4, -0.2) is 318 Å². The van der Waals surface area contributed by atoms with E-state index in [1.54, 1.807) is 90.3 Å². The molecule has 18 unspecified atom stereocenters. The number of amides is 17. The number of aliphatic hydroxyl groups is 5. The maximum Gasteiger partial charge on any atom is 0.326 e. The number of carboxylic acid groups (broad SMARTS) is 2. The van der Waals surface area contributed by atoms with Crippen molar-refractivity contribution >= 4 is 124 Å². The number of aliphatic carboxylic acids is 2. The van der Waals surface area contributed by atoms with Gasteiger partial charge in [0.1, 0.15) is 90.3 Å². The zero-order valence-electron chi connectivity index (χ0n) is 74.6. The summed E-state index contributed by atoms with van der Waals surface area (Å²) in [4.78, 5) is 260. The summed E-state index contributed by atoms with van der Waals surface area (Å²) in [5.74, 6) is -21.8. The van der Waals surface area contributed by atoms with Crippen molar-refractivity contribution in [3.8, 4) is 5.75 Å². The second kappa shape index (κ2) is 57.3. The highest BCUT2D eigenvalue weighted by molar-refractivity contribution is 7.98. The lowest BCUT2D eigenvalue weighted by Gasteiger charge is -2.32. The van der Waals surface area contributed by atoms with Crippen LogP contribution in [0.15, 0.2) is 54.6 Å². The molecule has 0 spiro atoms. The number of nitrogens with two attached hydrogens (primary N) is 3. The zero-order chi connectivity index (χ0) is 97.9. The Morgan fingerprint density at radius 1 is 0.446 bits per heavy atom. The first-order chi connectivity index (χ1) is 61.2. The average Bonchev–Trinajstić information content (AvgIpc) is 1.68. The van der Waals surface area contributed by atoms with Gasteiger partial charge in [-0.1, -0.05) is 84.0 Å². The highest BCUT2D eigenvalue weighted by atomic mass is 32.2. The van der Waals surface area contributed by atoms with Gasteiger partial charge in [0.15, 0.2) is 0 Å². The SMILES string of the molecule is CSCCC(NC(=O)C(Cc1ccccc1)NC(=O)CNC(=O)CNC(=O)C(N)Cc1ccc(O)cc1)C(=O)NC(C(=O)NC(CO)C(=O)NC(CCC(=O)O)C(=O)NC(CCCCN)C(=O)NC(CO)C(=O)NC(CCC(N)=O)C(=O)NC(C(=O)N1CCCC1C(=O)NC(CC(C)C)C(=O)NC(C(=O)NC(C(=O)NC(CC(C)C)C(=O)O)C(C)O)C(C)C)C(C)O)C(C)O.